The van der Waals surface area contributed by atoms with Crippen LogP contribution in [0.15, 0.2) is 52.1 Å². The van der Waals surface area contributed by atoms with Crippen LogP contribution in [0.4, 0.5) is 10.1 Å². The van der Waals surface area contributed by atoms with E-state index < -0.39 is 0 Å². The van der Waals surface area contributed by atoms with E-state index >= 15 is 0 Å². The normalized spacial score (nSPS) is 10.8. The zero-order valence-electron chi connectivity index (χ0n) is 11.8. The van der Waals surface area contributed by atoms with E-state index in [1.54, 1.807) is 6.07 Å². The summed E-state index contributed by atoms with van der Waals surface area (Å²) in [6.45, 7) is 1.81. The minimum Gasteiger partial charge on any atom is -0.431 e. The first-order valence-corrected chi connectivity index (χ1v) is 7.65. The van der Waals surface area contributed by atoms with Crippen molar-refractivity contribution < 1.29 is 13.6 Å². The second kappa shape index (κ2) is 6.19. The molecular weight excluding hydrogens is 303 g/mol. The zero-order valence-corrected chi connectivity index (χ0v) is 12.6. The number of anilines is 1. The summed E-state index contributed by atoms with van der Waals surface area (Å²) in [5.41, 5.74) is 2.72. The van der Waals surface area contributed by atoms with Gasteiger partial charge in [0.2, 0.25) is 5.91 Å². The van der Waals surface area contributed by atoms with Crippen molar-refractivity contribution in [2.75, 3.05) is 11.1 Å². The fraction of sp³-hybridized carbons (Fsp3) is 0.125. The Bertz CT molecular complexity index is 799. The number of halogens is 1. The number of nitrogens with one attached hydrogen (secondary N) is 1. The van der Waals surface area contributed by atoms with Crippen LogP contribution in [0.25, 0.3) is 11.1 Å². The van der Waals surface area contributed by atoms with Crippen LogP contribution in [0.1, 0.15) is 5.56 Å². The molecule has 0 bridgehead atoms. The molecule has 0 spiro atoms. The maximum absolute atomic E-state index is 13.2. The molecule has 6 heteroatoms. The van der Waals surface area contributed by atoms with E-state index in [1.165, 1.54) is 23.9 Å². The number of amides is 1. The molecule has 1 heterocycles. The SMILES string of the molecule is Cc1ccc(F)cc1NC(=O)CSc1nc2ccccc2o1. The number of rotatable bonds is 4. The standard InChI is InChI=1S/C16H13FN2O2S/c1-10-6-7-11(17)8-13(10)18-15(20)9-22-16-19-12-4-2-3-5-14(12)21-16/h2-8H,9H2,1H3,(H,18,20). The molecule has 112 valence electrons. The van der Waals surface area contributed by atoms with E-state index in [4.69, 9.17) is 4.42 Å². The Morgan fingerprint density at radius 2 is 2.14 bits per heavy atom. The van der Waals surface area contributed by atoms with Gasteiger partial charge in [0, 0.05) is 5.69 Å². The average Bonchev–Trinajstić information content (AvgIpc) is 2.92. The lowest BCUT2D eigenvalue weighted by Crippen LogP contribution is -2.15. The largest absolute Gasteiger partial charge is 0.431 e. The molecule has 4 nitrogen and oxygen atoms in total. The predicted octanol–water partition coefficient (Wildman–Crippen LogP) is 4.01. The Labute approximate surface area is 130 Å². The Morgan fingerprint density at radius 1 is 1.32 bits per heavy atom. The van der Waals surface area contributed by atoms with Crippen LogP contribution < -0.4 is 5.32 Å². The summed E-state index contributed by atoms with van der Waals surface area (Å²) in [7, 11) is 0. The number of carbonyl (C=O) groups is 1. The van der Waals surface area contributed by atoms with Gasteiger partial charge in [-0.05, 0) is 36.8 Å². The molecule has 1 amide bonds. The summed E-state index contributed by atoms with van der Waals surface area (Å²) in [6.07, 6.45) is 0. The molecule has 22 heavy (non-hydrogen) atoms. The number of benzene rings is 2. The van der Waals surface area contributed by atoms with E-state index in [-0.39, 0.29) is 17.5 Å². The van der Waals surface area contributed by atoms with Crippen molar-refractivity contribution in [1.29, 1.82) is 0 Å². The van der Waals surface area contributed by atoms with Crippen molar-refractivity contribution in [3.63, 3.8) is 0 Å². The highest BCUT2D eigenvalue weighted by molar-refractivity contribution is 7.99. The van der Waals surface area contributed by atoms with Gasteiger partial charge in [0.05, 0.1) is 5.75 Å². The van der Waals surface area contributed by atoms with Crippen molar-refractivity contribution in [2.24, 2.45) is 0 Å². The quantitative estimate of drug-likeness (QED) is 0.739. The molecule has 0 aliphatic heterocycles. The van der Waals surface area contributed by atoms with Gasteiger partial charge in [0.1, 0.15) is 11.3 Å². The van der Waals surface area contributed by atoms with Gasteiger partial charge < -0.3 is 9.73 Å². The van der Waals surface area contributed by atoms with Gasteiger partial charge in [-0.2, -0.15) is 0 Å². The highest BCUT2D eigenvalue weighted by Gasteiger charge is 2.10. The van der Waals surface area contributed by atoms with Gasteiger partial charge in [-0.3, -0.25) is 4.79 Å². The summed E-state index contributed by atoms with van der Waals surface area (Å²) in [4.78, 5) is 16.2. The number of fused-ring (bicyclic) bond motifs is 1. The molecule has 0 radical (unpaired) electrons. The summed E-state index contributed by atoms with van der Waals surface area (Å²) < 4.78 is 18.7. The first-order chi connectivity index (χ1) is 10.6. The highest BCUT2D eigenvalue weighted by atomic mass is 32.2. The number of hydrogen-bond acceptors (Lipinski definition) is 4. The average molecular weight is 316 g/mol. The fourth-order valence-electron chi connectivity index (χ4n) is 1.96. The zero-order chi connectivity index (χ0) is 15.5. The lowest BCUT2D eigenvalue weighted by atomic mass is 10.2. The number of carbonyl (C=O) groups excluding carboxylic acids is 1. The van der Waals surface area contributed by atoms with E-state index in [0.717, 1.165) is 11.1 Å². The monoisotopic (exact) mass is 316 g/mol. The lowest BCUT2D eigenvalue weighted by Gasteiger charge is -2.07. The van der Waals surface area contributed by atoms with Crippen LogP contribution in [0.2, 0.25) is 0 Å². The number of oxazole rings is 1. The molecule has 0 saturated heterocycles. The highest BCUT2D eigenvalue weighted by Crippen LogP contribution is 2.23. The van der Waals surface area contributed by atoms with Crippen molar-refractivity contribution in [2.45, 2.75) is 12.1 Å². The molecule has 0 fully saturated rings. The number of aryl methyl sites for hydroxylation is 1. The number of nitrogens with zero attached hydrogens (tertiary/aromatic N) is 1. The molecule has 0 aliphatic rings. The Morgan fingerprint density at radius 3 is 2.95 bits per heavy atom. The number of aromatic nitrogens is 1. The van der Waals surface area contributed by atoms with Crippen molar-refractivity contribution in [3.8, 4) is 0 Å². The van der Waals surface area contributed by atoms with E-state index in [2.05, 4.69) is 10.3 Å². The van der Waals surface area contributed by atoms with Crippen LogP contribution >= 0.6 is 11.8 Å². The minimum atomic E-state index is -0.382. The van der Waals surface area contributed by atoms with Crippen molar-refractivity contribution in [1.82, 2.24) is 4.98 Å². The van der Waals surface area contributed by atoms with Crippen LogP contribution in [0.3, 0.4) is 0 Å². The van der Waals surface area contributed by atoms with Crippen molar-refractivity contribution in [3.05, 3.63) is 53.8 Å². The third kappa shape index (κ3) is 3.28. The summed E-state index contributed by atoms with van der Waals surface area (Å²) in [5.74, 6) is -0.476. The topological polar surface area (TPSA) is 55.1 Å². The van der Waals surface area contributed by atoms with Crippen LogP contribution in [0, 0.1) is 12.7 Å². The number of thioether (sulfide) groups is 1. The molecule has 1 aromatic heterocycles. The third-order valence-electron chi connectivity index (χ3n) is 3.07. The minimum absolute atomic E-state index is 0.142. The molecule has 3 rings (SSSR count). The van der Waals surface area contributed by atoms with Gasteiger partial charge in [-0.1, -0.05) is 30.0 Å². The molecule has 2 aromatic carbocycles. The third-order valence-corrected chi connectivity index (χ3v) is 3.90. The van der Waals surface area contributed by atoms with E-state index in [0.29, 0.717) is 16.5 Å². The summed E-state index contributed by atoms with van der Waals surface area (Å²) in [6, 6.07) is 11.7. The number of hydrogen-bond donors (Lipinski definition) is 1. The summed E-state index contributed by atoms with van der Waals surface area (Å²) in [5, 5.41) is 3.12. The number of para-hydroxylation sites is 2. The predicted molar refractivity (Wildman–Crippen MR) is 84.5 cm³/mol. The maximum atomic E-state index is 13.2. The van der Waals surface area contributed by atoms with Gasteiger partial charge in [-0.15, -0.1) is 0 Å². The Kier molecular flexibility index (Phi) is 4.11. The first-order valence-electron chi connectivity index (χ1n) is 6.66. The smallest absolute Gasteiger partial charge is 0.257 e. The van der Waals surface area contributed by atoms with Gasteiger partial charge >= 0.3 is 0 Å². The van der Waals surface area contributed by atoms with Gasteiger partial charge in [0.15, 0.2) is 5.58 Å². The fourth-order valence-corrected chi connectivity index (χ4v) is 2.59. The Hall–Kier alpha value is -2.34. The molecule has 0 aliphatic carbocycles. The molecule has 0 unspecified atom stereocenters. The van der Waals surface area contributed by atoms with E-state index in [9.17, 15) is 9.18 Å². The lowest BCUT2D eigenvalue weighted by molar-refractivity contribution is -0.113. The molecule has 1 N–H and O–H groups in total. The molecule has 3 aromatic rings. The second-order valence-corrected chi connectivity index (χ2v) is 5.67. The molecule has 0 saturated carbocycles. The second-order valence-electron chi connectivity index (χ2n) is 4.74. The molecular formula is C16H13FN2O2S. The van der Waals surface area contributed by atoms with Crippen LogP contribution in [0.5, 0.6) is 0 Å². The van der Waals surface area contributed by atoms with Gasteiger partial charge in [0.25, 0.3) is 5.22 Å². The van der Waals surface area contributed by atoms with Gasteiger partial charge in [-0.25, -0.2) is 9.37 Å². The van der Waals surface area contributed by atoms with Crippen LogP contribution in [-0.4, -0.2) is 16.6 Å². The Balaban J connectivity index is 1.63. The van der Waals surface area contributed by atoms with Crippen LogP contribution in [-0.2, 0) is 4.79 Å². The first kappa shape index (κ1) is 14.6. The molecule has 0 atom stereocenters. The van der Waals surface area contributed by atoms with E-state index in [1.807, 2.05) is 31.2 Å². The summed E-state index contributed by atoms with van der Waals surface area (Å²) >= 11 is 1.20. The maximum Gasteiger partial charge on any atom is 0.257 e. The van der Waals surface area contributed by atoms with Crippen molar-refractivity contribution >= 4 is 34.5 Å².